The standard InChI is InChI=1S/C19H42N2O3/c1-5-8-10-12-17(21-16(4)18(23)24)19(15-22,13-7-3)20-14-11-9-6-2/h16-18,20-24H,5-15H2,1-4H3. The minimum atomic E-state index is -1.39. The van der Waals surface area contributed by atoms with Crippen molar-refractivity contribution in [3.05, 3.63) is 0 Å². The van der Waals surface area contributed by atoms with Crippen LogP contribution in [0.2, 0.25) is 0 Å². The fourth-order valence-corrected chi connectivity index (χ4v) is 3.31. The van der Waals surface area contributed by atoms with Gasteiger partial charge in [-0.05, 0) is 32.7 Å². The molecule has 5 nitrogen and oxygen atoms in total. The zero-order valence-electron chi connectivity index (χ0n) is 16.4. The van der Waals surface area contributed by atoms with Crippen molar-refractivity contribution >= 4 is 0 Å². The normalized spacial score (nSPS) is 17.0. The first-order valence-electron chi connectivity index (χ1n) is 9.95. The molecule has 0 bridgehead atoms. The molecule has 3 atom stereocenters. The summed E-state index contributed by atoms with van der Waals surface area (Å²) in [4.78, 5) is 0. The van der Waals surface area contributed by atoms with E-state index < -0.39 is 17.9 Å². The molecular formula is C19H42N2O3. The molecule has 0 aliphatic rings. The van der Waals surface area contributed by atoms with Crippen molar-refractivity contribution in [3.63, 3.8) is 0 Å². The molecule has 0 spiro atoms. The Morgan fingerprint density at radius 1 is 0.917 bits per heavy atom. The Bertz CT molecular complexity index is 290. The van der Waals surface area contributed by atoms with Crippen LogP contribution in [0, 0.1) is 0 Å². The van der Waals surface area contributed by atoms with Gasteiger partial charge >= 0.3 is 0 Å². The number of aliphatic hydroxyl groups excluding tert-OH is 2. The average Bonchev–Trinajstić information content (AvgIpc) is 2.56. The van der Waals surface area contributed by atoms with Crippen molar-refractivity contribution in [1.29, 1.82) is 0 Å². The number of unbranched alkanes of at least 4 members (excludes halogenated alkanes) is 4. The number of nitrogens with one attached hydrogen (secondary N) is 2. The maximum Gasteiger partial charge on any atom is 0.166 e. The number of hydrogen-bond acceptors (Lipinski definition) is 5. The van der Waals surface area contributed by atoms with E-state index in [0.29, 0.717) is 0 Å². The molecule has 0 heterocycles. The van der Waals surface area contributed by atoms with Crippen molar-refractivity contribution in [1.82, 2.24) is 10.6 Å². The van der Waals surface area contributed by atoms with E-state index in [1.165, 1.54) is 12.8 Å². The first-order chi connectivity index (χ1) is 11.5. The van der Waals surface area contributed by atoms with Gasteiger partial charge in [-0.1, -0.05) is 59.3 Å². The van der Waals surface area contributed by atoms with E-state index in [1.54, 1.807) is 6.92 Å². The van der Waals surface area contributed by atoms with Crippen LogP contribution in [0.4, 0.5) is 0 Å². The highest BCUT2D eigenvalue weighted by Gasteiger charge is 2.37. The molecule has 3 unspecified atom stereocenters. The number of aliphatic hydroxyl groups is 3. The Morgan fingerprint density at radius 3 is 2.04 bits per heavy atom. The maximum absolute atomic E-state index is 10.2. The lowest BCUT2D eigenvalue weighted by Crippen LogP contribution is -2.64. The Kier molecular flexibility index (Phi) is 13.9. The number of hydrogen-bond donors (Lipinski definition) is 5. The summed E-state index contributed by atoms with van der Waals surface area (Å²) in [7, 11) is 0. The van der Waals surface area contributed by atoms with Gasteiger partial charge in [-0.3, -0.25) is 0 Å². The Balaban J connectivity index is 5.10. The molecule has 0 rings (SSSR count). The molecule has 0 aliphatic heterocycles. The summed E-state index contributed by atoms with van der Waals surface area (Å²) in [5.41, 5.74) is -0.403. The predicted octanol–water partition coefficient (Wildman–Crippen LogP) is 2.54. The lowest BCUT2D eigenvalue weighted by Gasteiger charge is -2.43. The van der Waals surface area contributed by atoms with Crippen LogP contribution in [0.5, 0.6) is 0 Å². The Hall–Kier alpha value is -0.200. The molecule has 0 saturated carbocycles. The van der Waals surface area contributed by atoms with Gasteiger partial charge in [-0.25, -0.2) is 0 Å². The minimum Gasteiger partial charge on any atom is -0.394 e. The van der Waals surface area contributed by atoms with Gasteiger partial charge in [0.15, 0.2) is 6.29 Å². The van der Waals surface area contributed by atoms with Gasteiger partial charge in [-0.2, -0.15) is 0 Å². The summed E-state index contributed by atoms with van der Waals surface area (Å²) in [6.45, 7) is 9.22. The highest BCUT2D eigenvalue weighted by molar-refractivity contribution is 4.99. The molecule has 0 aliphatic carbocycles. The van der Waals surface area contributed by atoms with Crippen LogP contribution in [-0.2, 0) is 0 Å². The van der Waals surface area contributed by atoms with E-state index in [4.69, 9.17) is 0 Å². The van der Waals surface area contributed by atoms with Gasteiger partial charge in [0.1, 0.15) is 0 Å². The van der Waals surface area contributed by atoms with Crippen molar-refractivity contribution in [2.75, 3.05) is 13.2 Å². The summed E-state index contributed by atoms with van der Waals surface area (Å²) in [5, 5.41) is 36.1. The van der Waals surface area contributed by atoms with E-state index in [-0.39, 0.29) is 12.6 Å². The van der Waals surface area contributed by atoms with Gasteiger partial charge in [0, 0.05) is 6.04 Å². The summed E-state index contributed by atoms with van der Waals surface area (Å²) < 4.78 is 0. The van der Waals surface area contributed by atoms with E-state index in [9.17, 15) is 15.3 Å². The molecule has 5 N–H and O–H groups in total. The van der Waals surface area contributed by atoms with Crippen molar-refractivity contribution in [3.8, 4) is 0 Å². The topological polar surface area (TPSA) is 84.8 Å². The molecule has 0 amide bonds. The van der Waals surface area contributed by atoms with Crippen LogP contribution in [0.1, 0.15) is 85.5 Å². The second kappa shape index (κ2) is 14.0. The average molecular weight is 347 g/mol. The molecule has 5 heteroatoms. The largest absolute Gasteiger partial charge is 0.394 e. The molecular weight excluding hydrogens is 304 g/mol. The van der Waals surface area contributed by atoms with E-state index in [0.717, 1.165) is 51.5 Å². The van der Waals surface area contributed by atoms with Gasteiger partial charge < -0.3 is 26.0 Å². The Labute approximate surface area is 149 Å². The van der Waals surface area contributed by atoms with Gasteiger partial charge in [0.2, 0.25) is 0 Å². The lowest BCUT2D eigenvalue weighted by atomic mass is 9.82. The first-order valence-corrected chi connectivity index (χ1v) is 9.95. The molecule has 0 saturated heterocycles. The van der Waals surface area contributed by atoms with Crippen LogP contribution >= 0.6 is 0 Å². The first kappa shape index (κ1) is 23.8. The van der Waals surface area contributed by atoms with Crippen molar-refractivity contribution < 1.29 is 15.3 Å². The quantitative estimate of drug-likeness (QED) is 0.219. The molecule has 0 aromatic rings. The third-order valence-corrected chi connectivity index (χ3v) is 4.91. The number of rotatable bonds is 16. The molecule has 0 fully saturated rings. The van der Waals surface area contributed by atoms with Gasteiger partial charge in [0.25, 0.3) is 0 Å². The predicted molar refractivity (Wildman–Crippen MR) is 101 cm³/mol. The van der Waals surface area contributed by atoms with Crippen molar-refractivity contribution in [2.45, 2.75) is 109 Å². The third kappa shape index (κ3) is 8.77. The SMILES string of the molecule is CCCCCNC(CO)(CCC)C(CCCCC)NC(C)C(O)O. The van der Waals surface area contributed by atoms with Crippen LogP contribution < -0.4 is 10.6 Å². The van der Waals surface area contributed by atoms with Gasteiger partial charge in [-0.15, -0.1) is 0 Å². The highest BCUT2D eigenvalue weighted by Crippen LogP contribution is 2.23. The van der Waals surface area contributed by atoms with Gasteiger partial charge in [0.05, 0.1) is 18.2 Å². The van der Waals surface area contributed by atoms with Crippen LogP contribution in [0.15, 0.2) is 0 Å². The third-order valence-electron chi connectivity index (χ3n) is 4.91. The lowest BCUT2D eigenvalue weighted by molar-refractivity contribution is -0.0690. The second-order valence-electron chi connectivity index (χ2n) is 7.12. The zero-order chi connectivity index (χ0) is 18.4. The monoisotopic (exact) mass is 346 g/mol. The molecule has 24 heavy (non-hydrogen) atoms. The maximum atomic E-state index is 10.2. The van der Waals surface area contributed by atoms with Crippen molar-refractivity contribution in [2.24, 2.45) is 0 Å². The summed E-state index contributed by atoms with van der Waals surface area (Å²) in [6, 6.07) is -0.399. The second-order valence-corrected chi connectivity index (χ2v) is 7.12. The summed E-state index contributed by atoms with van der Waals surface area (Å²) in [6.07, 6.45) is 8.20. The zero-order valence-corrected chi connectivity index (χ0v) is 16.4. The fraction of sp³-hybridized carbons (Fsp3) is 1.00. The van der Waals surface area contributed by atoms with E-state index in [1.807, 2.05) is 0 Å². The molecule has 0 aromatic carbocycles. The molecule has 146 valence electrons. The van der Waals surface area contributed by atoms with Crippen LogP contribution in [0.25, 0.3) is 0 Å². The summed E-state index contributed by atoms with van der Waals surface area (Å²) >= 11 is 0. The minimum absolute atomic E-state index is 0.0208. The Morgan fingerprint density at radius 2 is 1.54 bits per heavy atom. The smallest absolute Gasteiger partial charge is 0.166 e. The highest BCUT2D eigenvalue weighted by atomic mass is 16.5. The van der Waals surface area contributed by atoms with Crippen LogP contribution in [0.3, 0.4) is 0 Å². The molecule has 0 aromatic heterocycles. The fourth-order valence-electron chi connectivity index (χ4n) is 3.31. The summed E-state index contributed by atoms with van der Waals surface area (Å²) in [5.74, 6) is 0. The molecule has 0 radical (unpaired) electrons. The van der Waals surface area contributed by atoms with E-state index in [2.05, 4.69) is 31.4 Å². The van der Waals surface area contributed by atoms with E-state index >= 15 is 0 Å². The van der Waals surface area contributed by atoms with Crippen LogP contribution in [-0.4, -0.2) is 52.4 Å².